The van der Waals surface area contributed by atoms with E-state index in [1.807, 2.05) is 25.1 Å². The van der Waals surface area contributed by atoms with Crippen LogP contribution in [-0.2, 0) is 23.9 Å². The molecule has 0 spiro atoms. The number of allylic oxidation sites excluding steroid dienone is 1. The minimum Gasteiger partial charge on any atom is -0.466 e. The Morgan fingerprint density at radius 1 is 1.00 bits per heavy atom. The Bertz CT molecular complexity index is 596. The lowest BCUT2D eigenvalue weighted by atomic mass is 10.1. The molecule has 1 heterocycles. The van der Waals surface area contributed by atoms with Crippen LogP contribution in [0.5, 0.6) is 0 Å². The molecule has 0 radical (unpaired) electrons. The standard InChI is InChI=1S/C9H10.C5H8O2.C4H2O3/c1-8(2)9-6-4-3-5-7-9;1-4(2)5(6)7-3;5-3-1-2-4(6)7-3/h3-7H,1H2,2H3;1H2,2-3H3;1-2H. The number of benzene rings is 1. The highest BCUT2D eigenvalue weighted by molar-refractivity contribution is 6.04. The topological polar surface area (TPSA) is 69.7 Å². The Balaban J connectivity index is 0.000000320. The van der Waals surface area contributed by atoms with Crippen molar-refractivity contribution >= 4 is 23.5 Å². The van der Waals surface area contributed by atoms with Gasteiger partial charge in [-0.15, -0.1) is 0 Å². The van der Waals surface area contributed by atoms with Gasteiger partial charge in [0, 0.05) is 17.7 Å². The van der Waals surface area contributed by atoms with Gasteiger partial charge < -0.3 is 9.47 Å². The second kappa shape index (κ2) is 10.7. The molecule has 2 rings (SSSR count). The van der Waals surface area contributed by atoms with Gasteiger partial charge in [-0.2, -0.15) is 0 Å². The number of rotatable bonds is 2. The van der Waals surface area contributed by atoms with Crippen molar-refractivity contribution in [3.05, 3.63) is 66.8 Å². The molecule has 0 aliphatic carbocycles. The summed E-state index contributed by atoms with van der Waals surface area (Å²) in [5, 5.41) is 0. The van der Waals surface area contributed by atoms with Gasteiger partial charge in [0.25, 0.3) is 0 Å². The maximum Gasteiger partial charge on any atom is 0.338 e. The van der Waals surface area contributed by atoms with Crippen molar-refractivity contribution in [1.82, 2.24) is 0 Å². The summed E-state index contributed by atoms with van der Waals surface area (Å²) in [7, 11) is 1.33. The number of hydrogen-bond donors (Lipinski definition) is 0. The van der Waals surface area contributed by atoms with Crippen molar-refractivity contribution in [2.24, 2.45) is 0 Å². The summed E-state index contributed by atoms with van der Waals surface area (Å²) in [6.45, 7) is 10.8. The molecule has 0 N–H and O–H groups in total. The molecule has 5 heteroatoms. The van der Waals surface area contributed by atoms with Gasteiger partial charge in [0.15, 0.2) is 0 Å². The first kappa shape index (κ1) is 20.1. The largest absolute Gasteiger partial charge is 0.466 e. The molecule has 1 aliphatic heterocycles. The van der Waals surface area contributed by atoms with Gasteiger partial charge in [0.2, 0.25) is 0 Å². The van der Waals surface area contributed by atoms with E-state index in [0.29, 0.717) is 5.57 Å². The number of carbonyl (C=O) groups is 3. The lowest BCUT2D eigenvalue weighted by Crippen LogP contribution is -1.98. The normalized spacial score (nSPS) is 11.3. The first-order valence-corrected chi connectivity index (χ1v) is 6.66. The van der Waals surface area contributed by atoms with Crippen LogP contribution < -0.4 is 0 Å². The Morgan fingerprint density at radius 3 is 1.65 bits per heavy atom. The summed E-state index contributed by atoms with van der Waals surface area (Å²) in [6, 6.07) is 10.2. The molecule has 23 heavy (non-hydrogen) atoms. The third kappa shape index (κ3) is 9.57. The summed E-state index contributed by atoms with van der Waals surface area (Å²) >= 11 is 0. The fourth-order valence-electron chi connectivity index (χ4n) is 1.20. The lowest BCUT2D eigenvalue weighted by Gasteiger charge is -1.94. The molecule has 122 valence electrons. The zero-order valence-corrected chi connectivity index (χ0v) is 13.5. The van der Waals surface area contributed by atoms with Gasteiger partial charge in [0.1, 0.15) is 0 Å². The fourth-order valence-corrected chi connectivity index (χ4v) is 1.20. The van der Waals surface area contributed by atoms with E-state index in [9.17, 15) is 14.4 Å². The SMILES string of the molecule is C=C(C)C(=O)OC.C=C(C)c1ccccc1.O=C1C=CC(=O)O1. The van der Waals surface area contributed by atoms with Crippen LogP contribution in [-0.4, -0.2) is 25.0 Å². The minimum atomic E-state index is -0.579. The average Bonchev–Trinajstić information content (AvgIpc) is 2.91. The third-order valence-corrected chi connectivity index (χ3v) is 2.36. The van der Waals surface area contributed by atoms with Gasteiger partial charge in [-0.05, 0) is 19.4 Å². The molecule has 0 amide bonds. The van der Waals surface area contributed by atoms with Crippen molar-refractivity contribution in [3.63, 3.8) is 0 Å². The third-order valence-electron chi connectivity index (χ3n) is 2.36. The number of cyclic esters (lactones) is 2. The molecule has 0 bridgehead atoms. The van der Waals surface area contributed by atoms with E-state index in [1.54, 1.807) is 6.92 Å². The molecule has 0 aromatic heterocycles. The van der Waals surface area contributed by atoms with Gasteiger partial charge in [0.05, 0.1) is 7.11 Å². The Morgan fingerprint density at radius 2 is 1.48 bits per heavy atom. The molecular formula is C18H20O5. The van der Waals surface area contributed by atoms with Crippen LogP contribution in [0.1, 0.15) is 19.4 Å². The molecule has 0 saturated carbocycles. The zero-order chi connectivity index (χ0) is 17.8. The summed E-state index contributed by atoms with van der Waals surface area (Å²) in [4.78, 5) is 30.0. The van der Waals surface area contributed by atoms with Crippen LogP contribution in [0.15, 0.2) is 61.2 Å². The highest BCUT2D eigenvalue weighted by atomic mass is 16.6. The van der Waals surface area contributed by atoms with E-state index in [-0.39, 0.29) is 5.97 Å². The highest BCUT2D eigenvalue weighted by Gasteiger charge is 2.10. The van der Waals surface area contributed by atoms with Crippen LogP contribution in [0.4, 0.5) is 0 Å². The second-order valence-corrected chi connectivity index (χ2v) is 4.49. The molecule has 1 aromatic carbocycles. The van der Waals surface area contributed by atoms with E-state index in [0.717, 1.165) is 17.7 Å². The molecule has 1 aromatic rings. The molecule has 0 saturated heterocycles. The smallest absolute Gasteiger partial charge is 0.338 e. The molecule has 5 nitrogen and oxygen atoms in total. The molecule has 0 atom stereocenters. The van der Waals surface area contributed by atoms with Crippen LogP contribution in [0.25, 0.3) is 5.57 Å². The summed E-state index contributed by atoms with van der Waals surface area (Å²) in [5.74, 6) is -1.50. The number of esters is 3. The van der Waals surface area contributed by atoms with E-state index in [1.165, 1.54) is 12.7 Å². The number of methoxy groups -OCH3 is 1. The van der Waals surface area contributed by atoms with E-state index < -0.39 is 11.9 Å². The number of hydrogen-bond acceptors (Lipinski definition) is 5. The van der Waals surface area contributed by atoms with Crippen LogP contribution in [0, 0.1) is 0 Å². The van der Waals surface area contributed by atoms with E-state index in [2.05, 4.69) is 34.8 Å². The monoisotopic (exact) mass is 316 g/mol. The van der Waals surface area contributed by atoms with Crippen molar-refractivity contribution < 1.29 is 23.9 Å². The van der Waals surface area contributed by atoms with E-state index >= 15 is 0 Å². The molecule has 0 unspecified atom stereocenters. The fraction of sp³-hybridized carbons (Fsp3) is 0.167. The Kier molecular flexibility index (Phi) is 9.35. The van der Waals surface area contributed by atoms with Gasteiger partial charge in [-0.3, -0.25) is 0 Å². The summed E-state index contributed by atoms with van der Waals surface area (Å²) < 4.78 is 8.25. The summed E-state index contributed by atoms with van der Waals surface area (Å²) in [6.07, 6.45) is 2.17. The van der Waals surface area contributed by atoms with Crippen molar-refractivity contribution in [3.8, 4) is 0 Å². The van der Waals surface area contributed by atoms with Gasteiger partial charge in [-0.25, -0.2) is 14.4 Å². The van der Waals surface area contributed by atoms with Crippen LogP contribution in [0.3, 0.4) is 0 Å². The van der Waals surface area contributed by atoms with Crippen molar-refractivity contribution in [1.29, 1.82) is 0 Å². The van der Waals surface area contributed by atoms with Crippen LogP contribution in [0.2, 0.25) is 0 Å². The number of carbonyl (C=O) groups excluding carboxylic acids is 3. The molecule has 0 fully saturated rings. The average molecular weight is 316 g/mol. The van der Waals surface area contributed by atoms with Gasteiger partial charge >= 0.3 is 17.9 Å². The molecule has 1 aliphatic rings. The highest BCUT2D eigenvalue weighted by Crippen LogP contribution is 2.08. The second-order valence-electron chi connectivity index (χ2n) is 4.49. The van der Waals surface area contributed by atoms with E-state index in [4.69, 9.17) is 0 Å². The maximum atomic E-state index is 10.2. The van der Waals surface area contributed by atoms with Gasteiger partial charge in [-0.1, -0.05) is 49.1 Å². The Hall–Kier alpha value is -2.95. The van der Waals surface area contributed by atoms with Crippen molar-refractivity contribution in [2.45, 2.75) is 13.8 Å². The predicted molar refractivity (Wildman–Crippen MR) is 88.2 cm³/mol. The first-order valence-electron chi connectivity index (χ1n) is 6.66. The quantitative estimate of drug-likeness (QED) is 0.476. The number of ether oxygens (including phenoxy) is 2. The summed E-state index contributed by atoms with van der Waals surface area (Å²) in [5.41, 5.74) is 2.77. The lowest BCUT2D eigenvalue weighted by molar-refractivity contribution is -0.150. The van der Waals surface area contributed by atoms with Crippen LogP contribution >= 0.6 is 0 Å². The van der Waals surface area contributed by atoms with Crippen molar-refractivity contribution in [2.75, 3.05) is 7.11 Å². The minimum absolute atomic E-state index is 0.347. The Labute approximate surface area is 135 Å². The molecular weight excluding hydrogens is 296 g/mol. The first-order chi connectivity index (χ1) is 10.8. The predicted octanol–water partition coefficient (Wildman–Crippen LogP) is 3.08. The zero-order valence-electron chi connectivity index (χ0n) is 13.5. The maximum absolute atomic E-state index is 10.2.